The van der Waals surface area contributed by atoms with E-state index in [9.17, 15) is 0 Å². The number of rotatable bonds is 4. The quantitative estimate of drug-likeness (QED) is 0.487. The van der Waals surface area contributed by atoms with Crippen LogP contribution in [0.1, 0.15) is 24.4 Å². The molecule has 1 fully saturated rings. The molecule has 140 valence electrons. The number of nitrogens with zero attached hydrogens (tertiary/aromatic N) is 4. The van der Waals surface area contributed by atoms with Crippen LogP contribution in [0.3, 0.4) is 0 Å². The van der Waals surface area contributed by atoms with Gasteiger partial charge < -0.3 is 9.64 Å². The molecule has 0 spiro atoms. The number of benzene rings is 1. The average Bonchev–Trinajstić information content (AvgIpc) is 3.42. The fourth-order valence-electron chi connectivity index (χ4n) is 4.00. The van der Waals surface area contributed by atoms with Gasteiger partial charge in [0.15, 0.2) is 0 Å². The molecule has 0 aliphatic carbocycles. The van der Waals surface area contributed by atoms with Gasteiger partial charge >= 0.3 is 0 Å². The predicted octanol–water partition coefficient (Wildman–Crippen LogP) is 5.10. The number of pyridine rings is 1. The van der Waals surface area contributed by atoms with Gasteiger partial charge in [-0.25, -0.2) is 9.97 Å². The van der Waals surface area contributed by atoms with E-state index in [1.807, 2.05) is 30.6 Å². The number of aromatic nitrogens is 3. The van der Waals surface area contributed by atoms with Gasteiger partial charge in [-0.3, -0.25) is 4.98 Å². The molecular formula is C22H20N4OS. The third-order valence-corrected chi connectivity index (χ3v) is 6.23. The van der Waals surface area contributed by atoms with Crippen LogP contribution in [-0.2, 0) is 0 Å². The zero-order valence-electron chi connectivity index (χ0n) is 15.6. The zero-order valence-corrected chi connectivity index (χ0v) is 16.4. The number of fused-ring (bicyclic) bond motifs is 1. The number of thiophene rings is 1. The van der Waals surface area contributed by atoms with Crippen molar-refractivity contribution in [1.29, 1.82) is 0 Å². The van der Waals surface area contributed by atoms with Crippen molar-refractivity contribution in [3.05, 3.63) is 66.1 Å². The molecule has 4 heterocycles. The first-order valence-corrected chi connectivity index (χ1v) is 10.3. The van der Waals surface area contributed by atoms with Crippen molar-refractivity contribution in [2.45, 2.75) is 18.9 Å². The lowest BCUT2D eigenvalue weighted by atomic mass is 10.0. The maximum Gasteiger partial charge on any atom is 0.141 e. The lowest BCUT2D eigenvalue weighted by Crippen LogP contribution is -2.24. The molecule has 5 rings (SSSR count). The number of ether oxygens (including phenoxy) is 1. The Hall–Kier alpha value is -2.99. The Morgan fingerprint density at radius 2 is 2.04 bits per heavy atom. The fraction of sp³-hybridized carbons (Fsp3) is 0.227. The van der Waals surface area contributed by atoms with Crippen LogP contribution in [0.2, 0.25) is 0 Å². The van der Waals surface area contributed by atoms with Gasteiger partial charge in [0.2, 0.25) is 0 Å². The molecule has 0 saturated carbocycles. The normalized spacial score (nSPS) is 16.6. The van der Waals surface area contributed by atoms with Crippen LogP contribution in [-0.4, -0.2) is 28.6 Å². The van der Waals surface area contributed by atoms with Gasteiger partial charge in [0.05, 0.1) is 18.5 Å². The molecule has 1 atom stereocenters. The summed E-state index contributed by atoms with van der Waals surface area (Å²) in [4.78, 5) is 17.0. The summed E-state index contributed by atoms with van der Waals surface area (Å²) in [7, 11) is 1.69. The topological polar surface area (TPSA) is 51.1 Å². The van der Waals surface area contributed by atoms with Gasteiger partial charge in [-0.2, -0.15) is 0 Å². The van der Waals surface area contributed by atoms with E-state index in [0.717, 1.165) is 46.7 Å². The van der Waals surface area contributed by atoms with Crippen molar-refractivity contribution < 1.29 is 4.74 Å². The minimum atomic E-state index is 0.301. The highest BCUT2D eigenvalue weighted by Crippen LogP contribution is 2.43. The van der Waals surface area contributed by atoms with E-state index in [1.165, 1.54) is 11.1 Å². The van der Waals surface area contributed by atoms with Crippen LogP contribution in [0.15, 0.2) is 60.5 Å². The Kier molecular flexibility index (Phi) is 4.41. The molecule has 1 saturated heterocycles. The summed E-state index contributed by atoms with van der Waals surface area (Å²) in [5.74, 6) is 1.87. The molecule has 6 heteroatoms. The van der Waals surface area contributed by atoms with Crippen LogP contribution in [0.25, 0.3) is 21.3 Å². The summed E-state index contributed by atoms with van der Waals surface area (Å²) >= 11 is 1.67. The molecule has 0 bridgehead atoms. The number of hydrogen-bond donors (Lipinski definition) is 0. The Morgan fingerprint density at radius 1 is 1.14 bits per heavy atom. The first kappa shape index (κ1) is 17.1. The van der Waals surface area contributed by atoms with E-state index in [2.05, 4.69) is 38.4 Å². The summed E-state index contributed by atoms with van der Waals surface area (Å²) in [6.07, 6.45) is 7.74. The number of hydrogen-bond acceptors (Lipinski definition) is 6. The third-order valence-electron chi connectivity index (χ3n) is 5.35. The Labute approximate surface area is 167 Å². The lowest BCUT2D eigenvalue weighted by Gasteiger charge is -2.26. The average molecular weight is 388 g/mol. The van der Waals surface area contributed by atoms with Crippen molar-refractivity contribution in [3.63, 3.8) is 0 Å². The monoisotopic (exact) mass is 388 g/mol. The van der Waals surface area contributed by atoms with Crippen LogP contribution in [0, 0.1) is 0 Å². The van der Waals surface area contributed by atoms with Gasteiger partial charge in [-0.1, -0.05) is 18.2 Å². The van der Waals surface area contributed by atoms with Crippen molar-refractivity contribution in [2.75, 3.05) is 18.6 Å². The highest BCUT2D eigenvalue weighted by molar-refractivity contribution is 7.17. The molecule has 1 unspecified atom stereocenters. The molecule has 4 aromatic rings. The summed E-state index contributed by atoms with van der Waals surface area (Å²) in [5, 5.41) is 3.31. The molecule has 0 N–H and O–H groups in total. The van der Waals surface area contributed by atoms with Crippen molar-refractivity contribution in [3.8, 4) is 16.9 Å². The van der Waals surface area contributed by atoms with E-state index < -0.39 is 0 Å². The van der Waals surface area contributed by atoms with Crippen molar-refractivity contribution in [1.82, 2.24) is 15.0 Å². The Bertz CT molecular complexity index is 1090. The molecule has 0 amide bonds. The third kappa shape index (κ3) is 2.90. The van der Waals surface area contributed by atoms with Gasteiger partial charge in [-0.05, 0) is 42.2 Å². The zero-order chi connectivity index (χ0) is 18.9. The largest absolute Gasteiger partial charge is 0.497 e. The standard InChI is InChI=1S/C22H20N4OS/c1-27-17-8-6-15(7-9-17)18-13-28-22-20(18)21(24-14-25-22)26-11-3-5-19(26)16-4-2-10-23-12-16/h2,4,6-10,12-14,19H,3,5,11H2,1H3. The summed E-state index contributed by atoms with van der Waals surface area (Å²) in [6.45, 7) is 0.990. The molecular weight excluding hydrogens is 368 g/mol. The highest BCUT2D eigenvalue weighted by Gasteiger charge is 2.29. The smallest absolute Gasteiger partial charge is 0.141 e. The summed E-state index contributed by atoms with van der Waals surface area (Å²) < 4.78 is 5.31. The van der Waals surface area contributed by atoms with E-state index in [1.54, 1.807) is 24.8 Å². The van der Waals surface area contributed by atoms with Crippen LogP contribution >= 0.6 is 11.3 Å². The van der Waals surface area contributed by atoms with Crippen molar-refractivity contribution in [2.24, 2.45) is 0 Å². The first-order valence-electron chi connectivity index (χ1n) is 9.38. The van der Waals surface area contributed by atoms with E-state index in [-0.39, 0.29) is 0 Å². The summed E-state index contributed by atoms with van der Waals surface area (Å²) in [5.41, 5.74) is 3.57. The lowest BCUT2D eigenvalue weighted by molar-refractivity contribution is 0.415. The molecule has 3 aromatic heterocycles. The minimum absolute atomic E-state index is 0.301. The fourth-order valence-corrected chi connectivity index (χ4v) is 4.91. The molecule has 0 radical (unpaired) electrons. The highest BCUT2D eigenvalue weighted by atomic mass is 32.1. The molecule has 5 nitrogen and oxygen atoms in total. The number of anilines is 1. The van der Waals surface area contributed by atoms with Gasteiger partial charge in [0, 0.05) is 29.9 Å². The second-order valence-corrected chi connectivity index (χ2v) is 7.75. The van der Waals surface area contributed by atoms with E-state index in [0.29, 0.717) is 6.04 Å². The first-order chi connectivity index (χ1) is 13.8. The molecule has 1 aliphatic heterocycles. The Balaban J connectivity index is 1.62. The molecule has 1 aromatic carbocycles. The maximum atomic E-state index is 5.31. The second-order valence-electron chi connectivity index (χ2n) is 6.89. The van der Waals surface area contributed by atoms with E-state index in [4.69, 9.17) is 9.72 Å². The van der Waals surface area contributed by atoms with Gasteiger partial charge in [0.1, 0.15) is 22.7 Å². The van der Waals surface area contributed by atoms with Crippen LogP contribution in [0.5, 0.6) is 5.75 Å². The summed E-state index contributed by atoms with van der Waals surface area (Å²) in [6, 6.07) is 12.7. The van der Waals surface area contributed by atoms with Gasteiger partial charge in [0.25, 0.3) is 0 Å². The maximum absolute atomic E-state index is 5.31. The van der Waals surface area contributed by atoms with Crippen LogP contribution in [0.4, 0.5) is 5.82 Å². The molecule has 1 aliphatic rings. The Morgan fingerprint density at radius 3 is 2.82 bits per heavy atom. The van der Waals surface area contributed by atoms with Crippen LogP contribution < -0.4 is 9.64 Å². The van der Waals surface area contributed by atoms with E-state index >= 15 is 0 Å². The SMILES string of the molecule is COc1ccc(-c2csc3ncnc(N4CCCC4c4cccnc4)c23)cc1. The molecule has 28 heavy (non-hydrogen) atoms. The second kappa shape index (κ2) is 7.20. The minimum Gasteiger partial charge on any atom is -0.497 e. The predicted molar refractivity (Wildman–Crippen MR) is 113 cm³/mol. The number of methoxy groups -OCH3 is 1. The van der Waals surface area contributed by atoms with Crippen molar-refractivity contribution >= 4 is 27.4 Å². The van der Waals surface area contributed by atoms with Gasteiger partial charge in [-0.15, -0.1) is 11.3 Å².